The van der Waals surface area contributed by atoms with Gasteiger partial charge in [0.1, 0.15) is 11.5 Å². The fourth-order valence-corrected chi connectivity index (χ4v) is 6.00. The van der Waals surface area contributed by atoms with Crippen LogP contribution in [0.25, 0.3) is 0 Å². The molecule has 0 aliphatic rings. The lowest BCUT2D eigenvalue weighted by atomic mass is 9.74. The van der Waals surface area contributed by atoms with Gasteiger partial charge in [0.2, 0.25) is 0 Å². The maximum atomic E-state index is 14.5. The molecule has 2 aromatic rings. The van der Waals surface area contributed by atoms with Crippen LogP contribution in [-0.4, -0.2) is 26.6 Å². The van der Waals surface area contributed by atoms with Crippen LogP contribution in [0.4, 0.5) is 0 Å². The minimum Gasteiger partial charge on any atom is -0.491 e. The number of ether oxygens (including phenoxy) is 2. The third-order valence-corrected chi connectivity index (χ3v) is 9.96. The number of Topliss-reactive ketones (excluding diaryl/α,β-unsaturated/α-hetero) is 1. The van der Waals surface area contributed by atoms with Crippen LogP contribution < -0.4 is 9.47 Å². The Morgan fingerprint density at radius 2 is 1.03 bits per heavy atom. The molecule has 0 aliphatic carbocycles. The smallest absolute Gasteiger partial charge is 0.167 e. The van der Waals surface area contributed by atoms with Gasteiger partial charge >= 0.3 is 0 Å². The number of alkyl halides is 2. The summed E-state index contributed by atoms with van der Waals surface area (Å²) in [7, 11) is 0. The highest BCUT2D eigenvalue weighted by molar-refractivity contribution is 9.11. The second-order valence-corrected chi connectivity index (χ2v) is 14.1. The Balaban J connectivity index is 2.42. The van der Waals surface area contributed by atoms with E-state index in [0.29, 0.717) is 12.8 Å². The highest BCUT2D eigenvalue weighted by Gasteiger charge is 2.51. The molecule has 0 bridgehead atoms. The van der Waals surface area contributed by atoms with Gasteiger partial charge in [-0.1, -0.05) is 71.7 Å². The van der Waals surface area contributed by atoms with Crippen LogP contribution in [0.1, 0.15) is 77.6 Å². The minimum atomic E-state index is -0.722. The number of hydrogen-bond acceptors (Lipinski definition) is 3. The average molecular weight is 624 g/mol. The zero-order chi connectivity index (χ0) is 27.4. The van der Waals surface area contributed by atoms with Crippen molar-refractivity contribution in [2.45, 2.75) is 103 Å². The highest BCUT2D eigenvalue weighted by atomic mass is 79.9. The Bertz CT molecular complexity index is 963. The molecule has 2 rings (SSSR count). The number of aryl methyl sites for hydroxylation is 2. The zero-order valence-electron chi connectivity index (χ0n) is 23.7. The summed E-state index contributed by atoms with van der Waals surface area (Å²) in [6.45, 7) is 20.8. The standard InChI is InChI=1S/C31H44Br2O3/c1-19(2)30(32,17-25-11-13-27(15-23(25)9)35-21(5)6)29(34)31(33,20(3)4)18-26-12-14-28(16-24(26)10)36-22(7)8/h11-16,19-22H,17-18H2,1-10H3. The van der Waals surface area contributed by atoms with Gasteiger partial charge in [-0.3, -0.25) is 4.79 Å². The predicted molar refractivity (Wildman–Crippen MR) is 159 cm³/mol. The van der Waals surface area contributed by atoms with Crippen LogP contribution >= 0.6 is 31.9 Å². The first kappa shape index (κ1) is 30.9. The summed E-state index contributed by atoms with van der Waals surface area (Å²) in [6.07, 6.45) is 1.46. The van der Waals surface area contributed by atoms with Gasteiger partial charge in [-0.25, -0.2) is 0 Å². The number of halogens is 2. The Morgan fingerprint density at radius 3 is 1.28 bits per heavy atom. The lowest BCUT2D eigenvalue weighted by Gasteiger charge is -2.41. The maximum absolute atomic E-state index is 14.5. The van der Waals surface area contributed by atoms with Crippen molar-refractivity contribution in [2.75, 3.05) is 0 Å². The summed E-state index contributed by atoms with van der Waals surface area (Å²) in [5.74, 6) is 2.09. The summed E-state index contributed by atoms with van der Waals surface area (Å²) >= 11 is 7.98. The SMILES string of the molecule is Cc1cc(OC(C)C)ccc1CC(Br)(C(=O)C(Br)(Cc1ccc(OC(C)C)cc1C)C(C)C)C(C)C. The van der Waals surface area contributed by atoms with Crippen molar-refractivity contribution in [2.24, 2.45) is 11.8 Å². The first-order valence-electron chi connectivity index (χ1n) is 13.0. The number of ketones is 1. The fraction of sp³-hybridized carbons (Fsp3) is 0.581. The molecule has 0 N–H and O–H groups in total. The Morgan fingerprint density at radius 1 is 0.694 bits per heavy atom. The van der Waals surface area contributed by atoms with Crippen molar-refractivity contribution in [1.82, 2.24) is 0 Å². The normalized spacial score (nSPS) is 15.3. The van der Waals surface area contributed by atoms with Crippen molar-refractivity contribution in [3.63, 3.8) is 0 Å². The van der Waals surface area contributed by atoms with E-state index in [9.17, 15) is 4.79 Å². The molecule has 3 nitrogen and oxygen atoms in total. The molecule has 36 heavy (non-hydrogen) atoms. The lowest BCUT2D eigenvalue weighted by molar-refractivity contribution is -0.125. The van der Waals surface area contributed by atoms with Crippen LogP contribution in [0.2, 0.25) is 0 Å². The Labute approximate surface area is 236 Å². The number of rotatable bonds is 12. The number of benzene rings is 2. The second-order valence-electron chi connectivity index (χ2n) is 11.2. The largest absolute Gasteiger partial charge is 0.491 e. The van der Waals surface area contributed by atoms with Crippen molar-refractivity contribution >= 4 is 37.6 Å². The molecule has 2 unspecified atom stereocenters. The first-order valence-corrected chi connectivity index (χ1v) is 14.6. The van der Waals surface area contributed by atoms with Crippen LogP contribution in [0.3, 0.4) is 0 Å². The molecular formula is C31H44Br2O3. The monoisotopic (exact) mass is 622 g/mol. The van der Waals surface area contributed by atoms with Gasteiger partial charge in [-0.05, 0) is 113 Å². The van der Waals surface area contributed by atoms with Gasteiger partial charge in [0, 0.05) is 0 Å². The molecule has 0 radical (unpaired) electrons. The second kappa shape index (κ2) is 12.5. The average Bonchev–Trinajstić information content (AvgIpc) is 2.75. The molecule has 0 saturated carbocycles. The topological polar surface area (TPSA) is 35.5 Å². The van der Waals surface area contributed by atoms with E-state index < -0.39 is 8.65 Å². The lowest BCUT2D eigenvalue weighted by Crippen LogP contribution is -2.53. The molecule has 0 spiro atoms. The van der Waals surface area contributed by atoms with Crippen LogP contribution in [0, 0.1) is 25.7 Å². The van der Waals surface area contributed by atoms with Gasteiger partial charge < -0.3 is 9.47 Å². The van der Waals surface area contributed by atoms with Crippen LogP contribution in [-0.2, 0) is 17.6 Å². The van der Waals surface area contributed by atoms with Gasteiger partial charge in [0.15, 0.2) is 5.78 Å². The summed E-state index contributed by atoms with van der Waals surface area (Å²) in [4.78, 5) is 14.5. The van der Waals surface area contributed by atoms with Gasteiger partial charge in [-0.2, -0.15) is 0 Å². The van der Waals surface area contributed by atoms with Crippen LogP contribution in [0.15, 0.2) is 36.4 Å². The quantitative estimate of drug-likeness (QED) is 0.222. The summed E-state index contributed by atoms with van der Waals surface area (Å²) < 4.78 is 10.3. The Kier molecular flexibility index (Phi) is 10.7. The van der Waals surface area contributed by atoms with Crippen molar-refractivity contribution in [3.8, 4) is 11.5 Å². The summed E-state index contributed by atoms with van der Waals surface area (Å²) in [6, 6.07) is 12.4. The van der Waals surface area contributed by atoms with Crippen molar-refractivity contribution in [1.29, 1.82) is 0 Å². The summed E-state index contributed by atoms with van der Waals surface area (Å²) in [5.41, 5.74) is 4.56. The third kappa shape index (κ3) is 7.37. The van der Waals surface area contributed by atoms with E-state index in [0.717, 1.165) is 33.8 Å². The Hall–Kier alpha value is -1.33. The molecular weight excluding hydrogens is 580 g/mol. The predicted octanol–water partition coefficient (Wildman–Crippen LogP) is 8.81. The molecule has 0 saturated heterocycles. The van der Waals surface area contributed by atoms with E-state index in [1.807, 2.05) is 39.8 Å². The van der Waals surface area contributed by atoms with E-state index in [4.69, 9.17) is 9.47 Å². The van der Waals surface area contributed by atoms with Crippen molar-refractivity contribution < 1.29 is 14.3 Å². The minimum absolute atomic E-state index is 0.0922. The van der Waals surface area contributed by atoms with Crippen LogP contribution in [0.5, 0.6) is 11.5 Å². The fourth-order valence-electron chi connectivity index (χ4n) is 4.42. The zero-order valence-corrected chi connectivity index (χ0v) is 26.8. The molecule has 5 heteroatoms. The molecule has 0 aromatic heterocycles. The van der Waals surface area contributed by atoms with E-state index in [2.05, 4.69) is 97.7 Å². The number of carbonyl (C=O) groups excluding carboxylic acids is 1. The van der Waals surface area contributed by atoms with Gasteiger partial charge in [-0.15, -0.1) is 0 Å². The molecule has 2 atom stereocenters. The maximum Gasteiger partial charge on any atom is 0.167 e. The molecule has 2 aromatic carbocycles. The van der Waals surface area contributed by atoms with E-state index in [1.54, 1.807) is 0 Å². The van der Waals surface area contributed by atoms with Gasteiger partial charge in [0.25, 0.3) is 0 Å². The summed E-state index contributed by atoms with van der Waals surface area (Å²) in [5, 5.41) is 0. The van der Waals surface area contributed by atoms with E-state index >= 15 is 0 Å². The number of carbonyl (C=O) groups is 1. The van der Waals surface area contributed by atoms with Gasteiger partial charge in [0.05, 0.1) is 20.9 Å². The van der Waals surface area contributed by atoms with E-state index in [-0.39, 0.29) is 29.8 Å². The highest BCUT2D eigenvalue weighted by Crippen LogP contribution is 2.44. The number of hydrogen-bond donors (Lipinski definition) is 0. The molecule has 0 heterocycles. The third-order valence-electron chi connectivity index (χ3n) is 6.85. The van der Waals surface area contributed by atoms with E-state index in [1.165, 1.54) is 0 Å². The molecule has 0 amide bonds. The molecule has 200 valence electrons. The van der Waals surface area contributed by atoms with Crippen molar-refractivity contribution in [3.05, 3.63) is 58.7 Å². The first-order chi connectivity index (χ1) is 16.6. The molecule has 0 aliphatic heterocycles. The molecule has 0 fully saturated rings.